The number of rotatable bonds is 4. The van der Waals surface area contributed by atoms with Crippen LogP contribution in [0.1, 0.15) is 31.9 Å². The van der Waals surface area contributed by atoms with Crippen molar-refractivity contribution in [2.45, 2.75) is 36.5 Å². The van der Waals surface area contributed by atoms with E-state index in [9.17, 15) is 13.5 Å². The van der Waals surface area contributed by atoms with Crippen LogP contribution in [-0.4, -0.2) is 41.9 Å². The van der Waals surface area contributed by atoms with Crippen LogP contribution in [0.4, 0.5) is 0 Å². The van der Waals surface area contributed by atoms with E-state index >= 15 is 0 Å². The van der Waals surface area contributed by atoms with E-state index in [1.54, 1.807) is 40.3 Å². The number of hydrogen-bond acceptors (Lipinski definition) is 4. The fraction of sp³-hybridized carbons (Fsp3) is 0.571. The van der Waals surface area contributed by atoms with Gasteiger partial charge in [0.1, 0.15) is 0 Å². The Morgan fingerprint density at radius 3 is 2.90 bits per heavy atom. The number of benzene rings is 1. The fourth-order valence-electron chi connectivity index (χ4n) is 2.27. The zero-order valence-corrected chi connectivity index (χ0v) is 13.5. The van der Waals surface area contributed by atoms with Gasteiger partial charge in [0, 0.05) is 24.1 Å². The van der Waals surface area contributed by atoms with Crippen LogP contribution in [-0.2, 0) is 10.0 Å². The maximum atomic E-state index is 12.6. The van der Waals surface area contributed by atoms with Crippen molar-refractivity contribution < 1.29 is 13.5 Å². The highest BCUT2D eigenvalue weighted by Gasteiger charge is 2.29. The Labute approximate surface area is 125 Å². The lowest BCUT2D eigenvalue weighted by atomic mass is 10.1. The van der Waals surface area contributed by atoms with Gasteiger partial charge >= 0.3 is 0 Å². The van der Waals surface area contributed by atoms with E-state index in [4.69, 9.17) is 0 Å². The Morgan fingerprint density at radius 2 is 2.25 bits per heavy atom. The van der Waals surface area contributed by atoms with Gasteiger partial charge in [-0.05, 0) is 24.1 Å². The molecule has 0 saturated carbocycles. The normalized spacial score (nSPS) is 22.6. The highest BCUT2D eigenvalue weighted by atomic mass is 32.2. The molecule has 1 aromatic carbocycles. The van der Waals surface area contributed by atoms with Crippen molar-refractivity contribution in [2.75, 3.05) is 18.8 Å². The first-order valence-electron chi connectivity index (χ1n) is 6.85. The summed E-state index contributed by atoms with van der Waals surface area (Å²) >= 11 is 1.80. The lowest BCUT2D eigenvalue weighted by Gasteiger charge is -2.29. The number of aliphatic hydroxyl groups is 1. The molecule has 0 aromatic heterocycles. The van der Waals surface area contributed by atoms with E-state index in [2.05, 4.69) is 0 Å². The third-order valence-corrected chi connectivity index (χ3v) is 6.47. The topological polar surface area (TPSA) is 57.6 Å². The minimum absolute atomic E-state index is 0.279. The third kappa shape index (κ3) is 3.36. The van der Waals surface area contributed by atoms with Crippen molar-refractivity contribution in [3.05, 3.63) is 29.8 Å². The van der Waals surface area contributed by atoms with E-state index in [-0.39, 0.29) is 4.90 Å². The molecule has 1 aromatic rings. The maximum Gasteiger partial charge on any atom is 0.243 e. The quantitative estimate of drug-likeness (QED) is 0.926. The maximum absolute atomic E-state index is 12.6. The molecule has 1 saturated heterocycles. The van der Waals surface area contributed by atoms with E-state index in [0.29, 0.717) is 30.3 Å². The average Bonchev–Trinajstić information content (AvgIpc) is 2.46. The SMILES string of the molecule is CCC(O)c1cccc(S(=O)(=O)N2CCSC(C)C2)c1. The summed E-state index contributed by atoms with van der Waals surface area (Å²) in [6.07, 6.45) is -0.0399. The second-order valence-electron chi connectivity index (χ2n) is 5.04. The molecule has 0 bridgehead atoms. The van der Waals surface area contributed by atoms with E-state index in [1.807, 2.05) is 13.8 Å². The Balaban J connectivity index is 2.29. The summed E-state index contributed by atoms with van der Waals surface area (Å²) in [5, 5.41) is 10.2. The van der Waals surface area contributed by atoms with Crippen LogP contribution in [0.15, 0.2) is 29.2 Å². The number of sulfonamides is 1. The molecule has 2 rings (SSSR count). The van der Waals surface area contributed by atoms with Crippen LogP contribution < -0.4 is 0 Å². The molecule has 0 spiro atoms. The highest BCUT2D eigenvalue weighted by molar-refractivity contribution is 8.00. The standard InChI is InChI=1S/C14H21NO3S2/c1-3-14(16)12-5-4-6-13(9-12)20(17,18)15-7-8-19-11(2)10-15/h4-6,9,11,14,16H,3,7-8,10H2,1-2H3. The van der Waals surface area contributed by atoms with Gasteiger partial charge in [-0.1, -0.05) is 26.0 Å². The van der Waals surface area contributed by atoms with Gasteiger partial charge in [0.15, 0.2) is 0 Å². The summed E-state index contributed by atoms with van der Waals surface area (Å²) < 4.78 is 26.8. The van der Waals surface area contributed by atoms with E-state index in [1.165, 1.54) is 0 Å². The molecular weight excluding hydrogens is 294 g/mol. The van der Waals surface area contributed by atoms with Crippen LogP contribution in [0, 0.1) is 0 Å². The van der Waals surface area contributed by atoms with Crippen LogP contribution in [0.25, 0.3) is 0 Å². The van der Waals surface area contributed by atoms with Crippen molar-refractivity contribution in [3.8, 4) is 0 Å². The molecule has 0 aliphatic carbocycles. The summed E-state index contributed by atoms with van der Waals surface area (Å²) in [5.74, 6) is 0.831. The zero-order chi connectivity index (χ0) is 14.8. The molecule has 4 nitrogen and oxygen atoms in total. The Morgan fingerprint density at radius 1 is 1.50 bits per heavy atom. The number of nitrogens with zero attached hydrogens (tertiary/aromatic N) is 1. The summed E-state index contributed by atoms with van der Waals surface area (Å²) in [6.45, 7) is 5.02. The van der Waals surface area contributed by atoms with Gasteiger partial charge in [0.25, 0.3) is 0 Å². The molecule has 2 atom stereocenters. The van der Waals surface area contributed by atoms with E-state index < -0.39 is 16.1 Å². The molecular formula is C14H21NO3S2. The monoisotopic (exact) mass is 315 g/mol. The van der Waals surface area contributed by atoms with Crippen molar-refractivity contribution in [3.63, 3.8) is 0 Å². The minimum atomic E-state index is -3.45. The summed E-state index contributed by atoms with van der Waals surface area (Å²) in [6, 6.07) is 6.66. The summed E-state index contributed by atoms with van der Waals surface area (Å²) in [4.78, 5) is 0.279. The molecule has 2 unspecified atom stereocenters. The van der Waals surface area contributed by atoms with Gasteiger partial charge in [-0.2, -0.15) is 16.1 Å². The van der Waals surface area contributed by atoms with Crippen molar-refractivity contribution in [1.29, 1.82) is 0 Å². The van der Waals surface area contributed by atoms with Crippen molar-refractivity contribution >= 4 is 21.8 Å². The number of thioether (sulfide) groups is 1. The van der Waals surface area contributed by atoms with Crippen LogP contribution in [0.2, 0.25) is 0 Å². The average molecular weight is 315 g/mol. The molecule has 0 amide bonds. The summed E-state index contributed by atoms with van der Waals surface area (Å²) in [7, 11) is -3.45. The molecule has 6 heteroatoms. The molecule has 1 N–H and O–H groups in total. The Kier molecular flexibility index (Phi) is 5.12. The van der Waals surface area contributed by atoms with Crippen molar-refractivity contribution in [2.24, 2.45) is 0 Å². The minimum Gasteiger partial charge on any atom is -0.388 e. The van der Waals surface area contributed by atoms with Gasteiger partial charge < -0.3 is 5.11 Å². The van der Waals surface area contributed by atoms with Gasteiger partial charge in [-0.25, -0.2) is 8.42 Å². The molecule has 1 aliphatic rings. The van der Waals surface area contributed by atoms with Gasteiger partial charge in [0.05, 0.1) is 11.0 Å². The number of aliphatic hydroxyl groups excluding tert-OH is 1. The smallest absolute Gasteiger partial charge is 0.243 e. The van der Waals surface area contributed by atoms with Crippen LogP contribution in [0.5, 0.6) is 0 Å². The first-order valence-corrected chi connectivity index (χ1v) is 9.33. The predicted molar refractivity (Wildman–Crippen MR) is 82.4 cm³/mol. The summed E-state index contributed by atoms with van der Waals surface area (Å²) in [5.41, 5.74) is 0.660. The van der Waals surface area contributed by atoms with E-state index in [0.717, 1.165) is 5.75 Å². The first-order chi connectivity index (χ1) is 9.45. The first kappa shape index (κ1) is 15.8. The third-order valence-electron chi connectivity index (χ3n) is 3.47. The molecule has 112 valence electrons. The predicted octanol–water partition coefficient (Wildman–Crippen LogP) is 2.26. The highest BCUT2D eigenvalue weighted by Crippen LogP contribution is 2.26. The second kappa shape index (κ2) is 6.47. The molecule has 1 aliphatic heterocycles. The zero-order valence-electron chi connectivity index (χ0n) is 11.8. The Bertz CT molecular complexity index is 559. The lowest BCUT2D eigenvalue weighted by Crippen LogP contribution is -2.40. The lowest BCUT2D eigenvalue weighted by molar-refractivity contribution is 0.173. The van der Waals surface area contributed by atoms with Crippen LogP contribution >= 0.6 is 11.8 Å². The molecule has 0 radical (unpaired) electrons. The van der Waals surface area contributed by atoms with Gasteiger partial charge in [-0.3, -0.25) is 0 Å². The molecule has 1 heterocycles. The van der Waals surface area contributed by atoms with Gasteiger partial charge in [-0.15, -0.1) is 0 Å². The molecule has 1 fully saturated rings. The van der Waals surface area contributed by atoms with Crippen molar-refractivity contribution in [1.82, 2.24) is 4.31 Å². The Hall–Kier alpha value is -0.560. The molecule has 20 heavy (non-hydrogen) atoms. The largest absolute Gasteiger partial charge is 0.388 e. The van der Waals surface area contributed by atoms with Crippen LogP contribution in [0.3, 0.4) is 0 Å². The fourth-order valence-corrected chi connectivity index (χ4v) is 5.08. The van der Waals surface area contributed by atoms with Gasteiger partial charge in [0.2, 0.25) is 10.0 Å². The number of hydrogen-bond donors (Lipinski definition) is 1. The second-order valence-corrected chi connectivity index (χ2v) is 8.53.